The first-order chi connectivity index (χ1) is 17.8. The number of nitrogens with one attached hydrogen (secondary N) is 1. The van der Waals surface area contributed by atoms with Crippen LogP contribution in [-0.4, -0.2) is 66.2 Å². The maximum absolute atomic E-state index is 12.3. The zero-order chi connectivity index (χ0) is 27.4. The largest absolute Gasteiger partial charge is 0.472 e. The Morgan fingerprint density at radius 2 is 1.65 bits per heavy atom. The van der Waals surface area contributed by atoms with Crippen LogP contribution in [0, 0.1) is 0 Å². The van der Waals surface area contributed by atoms with Gasteiger partial charge in [-0.15, -0.1) is 0 Å². The number of esters is 2. The van der Waals surface area contributed by atoms with E-state index in [1.807, 2.05) is 0 Å². The zero-order valence-corrected chi connectivity index (χ0v) is 24.7. The van der Waals surface area contributed by atoms with Crippen LogP contribution in [0.25, 0.3) is 0 Å². The molecule has 1 aliphatic rings. The molecular weight excluding hydrogens is 541 g/mol. The van der Waals surface area contributed by atoms with Crippen LogP contribution in [0.4, 0.5) is 0 Å². The predicted octanol–water partition coefficient (Wildman–Crippen LogP) is 5.18. The Bertz CT molecular complexity index is 708. The minimum atomic E-state index is -4.47. The molecule has 1 rings (SSSR count). The first-order valence-electron chi connectivity index (χ1n) is 13.3. The molecule has 3 unspecified atom stereocenters. The predicted molar refractivity (Wildman–Crippen MR) is 146 cm³/mol. The highest BCUT2D eigenvalue weighted by Gasteiger charge is 2.26. The number of phosphoric acid groups is 1. The molecule has 3 atom stereocenters. The highest BCUT2D eigenvalue weighted by molar-refractivity contribution is 8.77. The van der Waals surface area contributed by atoms with Crippen LogP contribution in [0.15, 0.2) is 0 Å². The SMILES string of the molecule is CCCCCCC(=O)OCC(COP(=O)(O)OCCNC(=O)CC1CCSS1)OC(=O)CCCCCC. The molecule has 1 aliphatic heterocycles. The Labute approximate surface area is 229 Å². The van der Waals surface area contributed by atoms with E-state index < -0.39 is 32.5 Å². The van der Waals surface area contributed by atoms with E-state index in [0.29, 0.717) is 19.3 Å². The molecule has 37 heavy (non-hydrogen) atoms. The molecule has 10 nitrogen and oxygen atoms in total. The lowest BCUT2D eigenvalue weighted by Gasteiger charge is -2.20. The second-order valence-electron chi connectivity index (χ2n) is 8.90. The van der Waals surface area contributed by atoms with E-state index in [-0.39, 0.29) is 43.8 Å². The minimum absolute atomic E-state index is 0.0586. The normalized spacial score (nSPS) is 17.6. The number of carbonyl (C=O) groups is 3. The van der Waals surface area contributed by atoms with Crippen LogP contribution in [0.2, 0.25) is 0 Å². The Hall–Kier alpha value is -0.780. The lowest BCUT2D eigenvalue weighted by atomic mass is 10.1. The third kappa shape index (κ3) is 19.0. The van der Waals surface area contributed by atoms with Gasteiger partial charge in [0, 0.05) is 36.8 Å². The van der Waals surface area contributed by atoms with E-state index in [4.69, 9.17) is 18.5 Å². The molecule has 0 spiro atoms. The third-order valence-corrected chi connectivity index (χ3v) is 9.36. The minimum Gasteiger partial charge on any atom is -0.462 e. The van der Waals surface area contributed by atoms with Crippen molar-refractivity contribution in [2.45, 2.75) is 102 Å². The van der Waals surface area contributed by atoms with E-state index in [1.54, 1.807) is 21.6 Å². The standard InChI is InChI=1S/C24H44NO9PS2/c1-3-5-7-9-11-23(27)31-18-20(34-24(28)12-10-8-6-4-2)19-33-35(29,30)32-15-14-25-22(26)17-21-13-16-36-37-21/h20-21H,3-19H2,1-2H3,(H,25,26)(H,29,30). The van der Waals surface area contributed by atoms with Gasteiger partial charge in [0.15, 0.2) is 6.10 Å². The van der Waals surface area contributed by atoms with Crippen LogP contribution in [0.1, 0.15) is 90.9 Å². The smallest absolute Gasteiger partial charge is 0.462 e. The fourth-order valence-electron chi connectivity index (χ4n) is 3.36. The van der Waals surface area contributed by atoms with E-state index in [0.717, 1.165) is 50.7 Å². The fourth-order valence-corrected chi connectivity index (χ4v) is 7.02. The Morgan fingerprint density at radius 3 is 2.27 bits per heavy atom. The summed E-state index contributed by atoms with van der Waals surface area (Å²) >= 11 is 0. The maximum atomic E-state index is 12.3. The molecule has 2 N–H and O–H groups in total. The Morgan fingerprint density at radius 1 is 0.973 bits per heavy atom. The monoisotopic (exact) mass is 585 g/mol. The molecular formula is C24H44NO9PS2. The fraction of sp³-hybridized carbons (Fsp3) is 0.875. The molecule has 1 heterocycles. The van der Waals surface area contributed by atoms with Crippen molar-refractivity contribution in [2.75, 3.05) is 32.1 Å². The summed E-state index contributed by atoms with van der Waals surface area (Å²) in [5, 5.41) is 2.94. The van der Waals surface area contributed by atoms with Crippen molar-refractivity contribution in [1.29, 1.82) is 0 Å². The molecule has 1 saturated heterocycles. The first-order valence-corrected chi connectivity index (χ1v) is 17.2. The second kappa shape index (κ2) is 21.1. The van der Waals surface area contributed by atoms with Crippen LogP contribution in [0.3, 0.4) is 0 Å². The van der Waals surface area contributed by atoms with Gasteiger partial charge in [-0.1, -0.05) is 74.0 Å². The summed E-state index contributed by atoms with van der Waals surface area (Å²) < 4.78 is 32.7. The van der Waals surface area contributed by atoms with Crippen molar-refractivity contribution >= 4 is 47.3 Å². The van der Waals surface area contributed by atoms with Gasteiger partial charge in [-0.25, -0.2) is 4.57 Å². The lowest BCUT2D eigenvalue weighted by molar-refractivity contribution is -0.161. The molecule has 1 fully saturated rings. The van der Waals surface area contributed by atoms with Crippen LogP contribution in [0.5, 0.6) is 0 Å². The summed E-state index contributed by atoms with van der Waals surface area (Å²) in [4.78, 5) is 46.1. The molecule has 0 aromatic rings. The average molecular weight is 586 g/mol. The summed E-state index contributed by atoms with van der Waals surface area (Å²) in [6.45, 7) is 3.24. The molecule has 0 aromatic heterocycles. The van der Waals surface area contributed by atoms with Crippen molar-refractivity contribution in [3.8, 4) is 0 Å². The number of unbranched alkanes of at least 4 members (excludes halogenated alkanes) is 6. The van der Waals surface area contributed by atoms with Gasteiger partial charge >= 0.3 is 19.8 Å². The van der Waals surface area contributed by atoms with Gasteiger partial charge in [-0.2, -0.15) is 0 Å². The van der Waals surface area contributed by atoms with Gasteiger partial charge < -0.3 is 19.7 Å². The van der Waals surface area contributed by atoms with Crippen LogP contribution < -0.4 is 5.32 Å². The molecule has 0 aliphatic carbocycles. The second-order valence-corrected chi connectivity index (χ2v) is 13.1. The number of carbonyl (C=O) groups excluding carboxylic acids is 3. The number of amides is 1. The molecule has 216 valence electrons. The van der Waals surface area contributed by atoms with E-state index in [1.165, 1.54) is 0 Å². The topological polar surface area (TPSA) is 137 Å². The zero-order valence-electron chi connectivity index (χ0n) is 22.2. The third-order valence-electron chi connectivity index (χ3n) is 5.44. The van der Waals surface area contributed by atoms with Crippen molar-refractivity contribution in [3.63, 3.8) is 0 Å². The van der Waals surface area contributed by atoms with Gasteiger partial charge in [-0.3, -0.25) is 23.4 Å². The van der Waals surface area contributed by atoms with Crippen LogP contribution in [-0.2, 0) is 37.5 Å². The summed E-state index contributed by atoms with van der Waals surface area (Å²) in [5.74, 6) is -0.0168. The molecule has 1 amide bonds. The molecule has 13 heteroatoms. The summed E-state index contributed by atoms with van der Waals surface area (Å²) in [6, 6.07) is 0. The number of rotatable bonds is 22. The van der Waals surface area contributed by atoms with Gasteiger partial charge in [0.2, 0.25) is 5.91 Å². The molecule has 0 saturated carbocycles. The van der Waals surface area contributed by atoms with E-state index in [2.05, 4.69) is 19.2 Å². The van der Waals surface area contributed by atoms with Gasteiger partial charge in [0.1, 0.15) is 6.61 Å². The van der Waals surface area contributed by atoms with Gasteiger partial charge in [0.25, 0.3) is 0 Å². The number of hydrogen-bond donors (Lipinski definition) is 2. The first kappa shape index (κ1) is 34.2. The lowest BCUT2D eigenvalue weighted by Crippen LogP contribution is -2.30. The van der Waals surface area contributed by atoms with Gasteiger partial charge in [-0.05, 0) is 19.3 Å². The highest BCUT2D eigenvalue weighted by atomic mass is 33.1. The van der Waals surface area contributed by atoms with Crippen molar-refractivity contribution < 1.29 is 42.4 Å². The maximum Gasteiger partial charge on any atom is 0.472 e. The number of hydrogen-bond acceptors (Lipinski definition) is 10. The van der Waals surface area contributed by atoms with Gasteiger partial charge in [0.05, 0.1) is 13.2 Å². The van der Waals surface area contributed by atoms with Crippen LogP contribution >= 0.6 is 29.4 Å². The molecule has 0 aromatic carbocycles. The van der Waals surface area contributed by atoms with E-state index in [9.17, 15) is 23.8 Å². The van der Waals surface area contributed by atoms with Crippen molar-refractivity contribution in [1.82, 2.24) is 5.32 Å². The Balaban J connectivity index is 2.42. The Kier molecular flexibility index (Phi) is 19.5. The number of phosphoric ester groups is 1. The summed E-state index contributed by atoms with van der Waals surface area (Å²) in [5.41, 5.74) is 0. The number of ether oxygens (including phenoxy) is 2. The average Bonchev–Trinajstić information content (AvgIpc) is 3.37. The quantitative estimate of drug-likeness (QED) is 0.0753. The molecule has 0 radical (unpaired) electrons. The van der Waals surface area contributed by atoms with Crippen molar-refractivity contribution in [2.24, 2.45) is 0 Å². The molecule has 0 bridgehead atoms. The summed E-state index contributed by atoms with van der Waals surface area (Å²) in [7, 11) is -1.03. The van der Waals surface area contributed by atoms with Crippen molar-refractivity contribution in [3.05, 3.63) is 0 Å². The summed E-state index contributed by atoms with van der Waals surface area (Å²) in [6.07, 6.45) is 8.13. The van der Waals surface area contributed by atoms with E-state index >= 15 is 0 Å². The highest BCUT2D eigenvalue weighted by Crippen LogP contribution is 2.43.